The monoisotopic (exact) mass is 455 g/mol. The summed E-state index contributed by atoms with van der Waals surface area (Å²) in [5, 5.41) is 10.3. The Hall–Kier alpha value is -2.81. The lowest BCUT2D eigenvalue weighted by Crippen LogP contribution is -2.63. The third-order valence-corrected chi connectivity index (χ3v) is 7.27. The molecular formula is C23H29N5O3S. The molecule has 2 heterocycles. The van der Waals surface area contributed by atoms with E-state index >= 15 is 0 Å². The van der Waals surface area contributed by atoms with Crippen LogP contribution in [0.2, 0.25) is 0 Å². The molecule has 1 atom stereocenters. The molecule has 0 spiro atoms. The second-order valence-electron chi connectivity index (χ2n) is 8.70. The molecule has 1 aliphatic heterocycles. The maximum Gasteiger partial charge on any atom is 0.272 e. The quantitative estimate of drug-likeness (QED) is 0.653. The second kappa shape index (κ2) is 8.97. The number of likely N-dealkylation sites (N-methyl/N-ethyl adjacent to an activating group) is 1. The molecule has 1 aromatic heterocycles. The van der Waals surface area contributed by atoms with Gasteiger partial charge in [0.25, 0.3) is 11.8 Å². The molecule has 4 rings (SSSR count). The lowest BCUT2D eigenvalue weighted by Gasteiger charge is -2.41. The van der Waals surface area contributed by atoms with Gasteiger partial charge in [0.15, 0.2) is 5.69 Å². The van der Waals surface area contributed by atoms with E-state index in [1.807, 2.05) is 30.5 Å². The lowest BCUT2D eigenvalue weighted by atomic mass is 9.95. The molecule has 2 aliphatic rings. The minimum atomic E-state index is -1.06. The first-order chi connectivity index (χ1) is 15.3. The molecule has 2 N–H and O–H groups in total. The Morgan fingerprint density at radius 3 is 2.56 bits per heavy atom. The van der Waals surface area contributed by atoms with E-state index in [0.29, 0.717) is 12.2 Å². The van der Waals surface area contributed by atoms with Crippen LogP contribution in [0.5, 0.6) is 0 Å². The molecule has 32 heavy (non-hydrogen) atoms. The van der Waals surface area contributed by atoms with Crippen molar-refractivity contribution in [2.75, 3.05) is 13.3 Å². The summed E-state index contributed by atoms with van der Waals surface area (Å²) in [5.74, 6) is -0.853. The van der Waals surface area contributed by atoms with E-state index < -0.39 is 5.54 Å². The van der Waals surface area contributed by atoms with E-state index in [0.717, 1.165) is 36.1 Å². The van der Waals surface area contributed by atoms with Crippen molar-refractivity contribution in [3.63, 3.8) is 0 Å². The molecule has 9 heteroatoms. The topological polar surface area (TPSA) is 96.3 Å². The summed E-state index contributed by atoms with van der Waals surface area (Å²) < 4.78 is 1.48. The molecule has 0 saturated heterocycles. The fourth-order valence-electron chi connectivity index (χ4n) is 4.27. The average molecular weight is 456 g/mol. The van der Waals surface area contributed by atoms with Gasteiger partial charge in [0.1, 0.15) is 11.2 Å². The highest BCUT2D eigenvalue weighted by Gasteiger charge is 2.46. The molecule has 0 bridgehead atoms. The van der Waals surface area contributed by atoms with Gasteiger partial charge < -0.3 is 15.5 Å². The van der Waals surface area contributed by atoms with Crippen molar-refractivity contribution in [1.29, 1.82) is 0 Å². The fraction of sp³-hybridized carbons (Fsp3) is 0.478. The summed E-state index contributed by atoms with van der Waals surface area (Å²) in [6.07, 6.45) is 6.17. The highest BCUT2D eigenvalue weighted by molar-refractivity contribution is 7.98. The molecule has 1 aliphatic carbocycles. The van der Waals surface area contributed by atoms with Crippen LogP contribution in [0.25, 0.3) is 0 Å². The van der Waals surface area contributed by atoms with E-state index in [-0.39, 0.29) is 36.0 Å². The summed E-state index contributed by atoms with van der Waals surface area (Å²) in [6.45, 7) is 2.31. The number of benzene rings is 1. The Labute approximate surface area is 192 Å². The van der Waals surface area contributed by atoms with E-state index in [9.17, 15) is 14.4 Å². The molecule has 0 radical (unpaired) electrons. The maximum absolute atomic E-state index is 13.1. The Balaban J connectivity index is 1.46. The van der Waals surface area contributed by atoms with Crippen molar-refractivity contribution in [1.82, 2.24) is 25.3 Å². The van der Waals surface area contributed by atoms with Crippen molar-refractivity contribution in [2.24, 2.45) is 0 Å². The second-order valence-corrected chi connectivity index (χ2v) is 9.58. The number of hydrogen-bond donors (Lipinski definition) is 2. The Morgan fingerprint density at radius 1 is 1.22 bits per heavy atom. The van der Waals surface area contributed by atoms with Crippen molar-refractivity contribution in [2.45, 2.75) is 62.2 Å². The Morgan fingerprint density at radius 2 is 1.91 bits per heavy atom. The molecule has 3 amide bonds. The molecular weight excluding hydrogens is 426 g/mol. The predicted molar refractivity (Wildman–Crippen MR) is 123 cm³/mol. The van der Waals surface area contributed by atoms with Crippen LogP contribution in [0.4, 0.5) is 0 Å². The van der Waals surface area contributed by atoms with Gasteiger partial charge in [0.2, 0.25) is 5.91 Å². The number of thioether (sulfide) groups is 1. The standard InChI is InChI=1S/C23H29N5O3S/c1-23(22(31)25-16-6-4-5-7-16)14-28-19(21(30)27(23)2)12-18(26-28)20(29)24-13-15-8-10-17(32-3)11-9-15/h8-12,16H,4-7,13-14H2,1-3H3,(H,24,29)(H,25,31)/t23-/m0/s1. The molecule has 1 aromatic carbocycles. The first-order valence-corrected chi connectivity index (χ1v) is 12.1. The zero-order valence-corrected chi connectivity index (χ0v) is 19.5. The average Bonchev–Trinajstić information content (AvgIpc) is 3.46. The van der Waals surface area contributed by atoms with Gasteiger partial charge in [-0.2, -0.15) is 5.10 Å². The number of hydrogen-bond acceptors (Lipinski definition) is 5. The summed E-state index contributed by atoms with van der Waals surface area (Å²) in [4.78, 5) is 41.4. The molecule has 170 valence electrons. The number of nitrogens with zero attached hydrogens (tertiary/aromatic N) is 3. The number of amides is 3. The highest BCUT2D eigenvalue weighted by atomic mass is 32.2. The van der Waals surface area contributed by atoms with E-state index in [2.05, 4.69) is 15.7 Å². The van der Waals surface area contributed by atoms with Crippen molar-refractivity contribution in [3.05, 3.63) is 47.3 Å². The van der Waals surface area contributed by atoms with Crippen molar-refractivity contribution < 1.29 is 14.4 Å². The fourth-order valence-corrected chi connectivity index (χ4v) is 4.67. The van der Waals surface area contributed by atoms with E-state index in [1.165, 1.54) is 15.6 Å². The molecule has 8 nitrogen and oxygen atoms in total. The number of carbonyl (C=O) groups is 3. The number of rotatable bonds is 6. The van der Waals surface area contributed by atoms with Gasteiger partial charge in [-0.15, -0.1) is 11.8 Å². The van der Waals surface area contributed by atoms with E-state index in [4.69, 9.17) is 0 Å². The third-order valence-electron chi connectivity index (χ3n) is 6.53. The first-order valence-electron chi connectivity index (χ1n) is 10.9. The Kier molecular flexibility index (Phi) is 6.28. The summed E-state index contributed by atoms with van der Waals surface area (Å²) >= 11 is 1.66. The number of aromatic nitrogens is 2. The van der Waals surface area contributed by atoms with Crippen LogP contribution in [-0.2, 0) is 17.9 Å². The molecule has 1 saturated carbocycles. The summed E-state index contributed by atoms with van der Waals surface area (Å²) in [5.41, 5.74) is 0.397. The van der Waals surface area contributed by atoms with Crippen molar-refractivity contribution in [3.8, 4) is 0 Å². The van der Waals surface area contributed by atoms with Gasteiger partial charge >= 0.3 is 0 Å². The van der Waals surface area contributed by atoms with Crippen LogP contribution < -0.4 is 10.6 Å². The maximum atomic E-state index is 13.1. The van der Waals surface area contributed by atoms with Gasteiger partial charge in [-0.25, -0.2) is 0 Å². The van der Waals surface area contributed by atoms with Crippen LogP contribution in [0.1, 0.15) is 59.1 Å². The van der Waals surface area contributed by atoms with Crippen molar-refractivity contribution >= 4 is 29.5 Å². The smallest absolute Gasteiger partial charge is 0.272 e. The summed E-state index contributed by atoms with van der Waals surface area (Å²) in [7, 11) is 1.63. The number of nitrogens with one attached hydrogen (secondary N) is 2. The van der Waals surface area contributed by atoms with Gasteiger partial charge in [-0.05, 0) is 43.7 Å². The zero-order valence-electron chi connectivity index (χ0n) is 18.7. The Bertz CT molecular complexity index is 1030. The zero-order chi connectivity index (χ0) is 22.9. The SMILES string of the molecule is CSc1ccc(CNC(=O)c2cc3n(n2)C[C@@](C)(C(=O)NC2CCCC2)N(C)C3=O)cc1. The number of fused-ring (bicyclic) bond motifs is 1. The molecule has 2 aromatic rings. The van der Waals surface area contributed by atoms with Crippen LogP contribution in [-0.4, -0.2) is 57.3 Å². The number of carbonyl (C=O) groups excluding carboxylic acids is 3. The highest BCUT2D eigenvalue weighted by Crippen LogP contribution is 2.27. The van der Waals surface area contributed by atoms with Crippen LogP contribution in [0, 0.1) is 0 Å². The lowest BCUT2D eigenvalue weighted by molar-refractivity contribution is -0.133. The van der Waals surface area contributed by atoms with Gasteiger partial charge in [0, 0.05) is 30.6 Å². The predicted octanol–water partition coefficient (Wildman–Crippen LogP) is 2.44. The largest absolute Gasteiger partial charge is 0.351 e. The normalized spacial score (nSPS) is 20.8. The third kappa shape index (κ3) is 4.26. The van der Waals surface area contributed by atoms with Crippen LogP contribution in [0.15, 0.2) is 35.2 Å². The minimum absolute atomic E-state index is 0.160. The minimum Gasteiger partial charge on any atom is -0.351 e. The first kappa shape index (κ1) is 22.4. The van der Waals surface area contributed by atoms with Crippen LogP contribution in [0.3, 0.4) is 0 Å². The molecule has 0 unspecified atom stereocenters. The summed E-state index contributed by atoms with van der Waals surface area (Å²) in [6, 6.07) is 9.61. The van der Waals surface area contributed by atoms with Gasteiger partial charge in [0.05, 0.1) is 6.54 Å². The molecule has 1 fully saturated rings. The van der Waals surface area contributed by atoms with E-state index in [1.54, 1.807) is 25.7 Å². The van der Waals surface area contributed by atoms with Gasteiger partial charge in [-0.1, -0.05) is 25.0 Å². The van der Waals surface area contributed by atoms with Crippen LogP contribution >= 0.6 is 11.8 Å². The van der Waals surface area contributed by atoms with Gasteiger partial charge in [-0.3, -0.25) is 19.1 Å².